The number of nitrogens with zero attached hydrogens (tertiary/aromatic N) is 2. The van der Waals surface area contributed by atoms with E-state index < -0.39 is 0 Å². The van der Waals surface area contributed by atoms with E-state index in [1.54, 1.807) is 6.07 Å². The number of hydrogen-bond donors (Lipinski definition) is 0. The van der Waals surface area contributed by atoms with E-state index in [-0.39, 0.29) is 11.9 Å². The number of halogens is 2. The summed E-state index contributed by atoms with van der Waals surface area (Å²) in [5.41, 5.74) is 1.32. The second-order valence-electron chi connectivity index (χ2n) is 5.63. The van der Waals surface area contributed by atoms with Crippen molar-refractivity contribution in [3.05, 3.63) is 29.8 Å². The topological polar surface area (TPSA) is 27.1 Å². The Morgan fingerprint density at radius 1 is 1.43 bits per heavy atom. The Balaban J connectivity index is 2.05. The Labute approximate surface area is 129 Å². The van der Waals surface area contributed by atoms with Crippen LogP contribution in [0, 0.1) is 11.7 Å². The number of fused-ring (bicyclic) bond motifs is 1. The molecule has 3 rings (SSSR count). The standard InChI is InChI=1S/C16H20ClFN2O/c1-11(12-6-9-21-10-7-12)20-14-4-2-3-13(18)16(14)19-15(20)5-8-17/h2-4,11-12H,5-10H2,1H3. The van der Waals surface area contributed by atoms with Gasteiger partial charge in [0.05, 0.1) is 5.52 Å². The molecule has 1 atom stereocenters. The van der Waals surface area contributed by atoms with Crippen LogP contribution < -0.4 is 0 Å². The highest BCUT2D eigenvalue weighted by atomic mass is 35.5. The van der Waals surface area contributed by atoms with Crippen LogP contribution in [0.1, 0.15) is 31.6 Å². The van der Waals surface area contributed by atoms with Gasteiger partial charge in [0.25, 0.3) is 0 Å². The van der Waals surface area contributed by atoms with E-state index in [9.17, 15) is 4.39 Å². The number of alkyl halides is 1. The maximum atomic E-state index is 14.0. The van der Waals surface area contributed by atoms with Crippen LogP contribution in [0.5, 0.6) is 0 Å². The second-order valence-corrected chi connectivity index (χ2v) is 6.01. The molecular weight excluding hydrogens is 291 g/mol. The van der Waals surface area contributed by atoms with E-state index in [1.165, 1.54) is 6.07 Å². The summed E-state index contributed by atoms with van der Waals surface area (Å²) in [5.74, 6) is 1.64. The van der Waals surface area contributed by atoms with Gasteiger partial charge in [0.1, 0.15) is 11.3 Å². The normalized spacial score (nSPS) is 18.2. The summed E-state index contributed by atoms with van der Waals surface area (Å²) < 4.78 is 21.6. The molecule has 0 aliphatic carbocycles. The smallest absolute Gasteiger partial charge is 0.151 e. The van der Waals surface area contributed by atoms with Crippen molar-refractivity contribution in [2.75, 3.05) is 19.1 Å². The Morgan fingerprint density at radius 3 is 2.90 bits per heavy atom. The van der Waals surface area contributed by atoms with Crippen LogP contribution in [-0.2, 0) is 11.2 Å². The quantitative estimate of drug-likeness (QED) is 0.800. The first-order valence-corrected chi connectivity index (χ1v) is 8.05. The van der Waals surface area contributed by atoms with Gasteiger partial charge in [0.15, 0.2) is 5.82 Å². The zero-order valence-electron chi connectivity index (χ0n) is 12.2. The predicted octanol–water partition coefficient (Wildman–Crippen LogP) is 3.94. The molecule has 1 aromatic carbocycles. The third-order valence-corrected chi connectivity index (χ3v) is 4.61. The summed E-state index contributed by atoms with van der Waals surface area (Å²) in [6.07, 6.45) is 2.73. The average Bonchev–Trinajstić information content (AvgIpc) is 2.87. The number of benzene rings is 1. The fourth-order valence-corrected chi connectivity index (χ4v) is 3.42. The van der Waals surface area contributed by atoms with Crippen molar-refractivity contribution in [3.63, 3.8) is 0 Å². The Bertz CT molecular complexity index is 622. The molecule has 0 amide bonds. The molecule has 0 N–H and O–H groups in total. The molecule has 3 nitrogen and oxygen atoms in total. The molecule has 0 spiro atoms. The van der Waals surface area contributed by atoms with Gasteiger partial charge >= 0.3 is 0 Å². The van der Waals surface area contributed by atoms with Gasteiger partial charge < -0.3 is 9.30 Å². The van der Waals surface area contributed by atoms with Crippen LogP contribution in [0.25, 0.3) is 11.0 Å². The predicted molar refractivity (Wildman–Crippen MR) is 82.4 cm³/mol. The summed E-state index contributed by atoms with van der Waals surface area (Å²) in [7, 11) is 0. The Morgan fingerprint density at radius 2 is 2.19 bits per heavy atom. The molecule has 2 heterocycles. The zero-order valence-corrected chi connectivity index (χ0v) is 12.9. The number of para-hydroxylation sites is 1. The molecule has 1 aliphatic rings. The second kappa shape index (κ2) is 6.32. The van der Waals surface area contributed by atoms with Crippen molar-refractivity contribution in [2.24, 2.45) is 5.92 Å². The highest BCUT2D eigenvalue weighted by molar-refractivity contribution is 6.17. The molecular formula is C16H20ClFN2O. The summed E-state index contributed by atoms with van der Waals surface area (Å²) >= 11 is 5.90. The van der Waals surface area contributed by atoms with E-state index in [0.717, 1.165) is 37.4 Å². The lowest BCUT2D eigenvalue weighted by molar-refractivity contribution is 0.0515. The van der Waals surface area contributed by atoms with Crippen molar-refractivity contribution in [2.45, 2.75) is 32.2 Å². The molecule has 114 valence electrons. The van der Waals surface area contributed by atoms with E-state index in [4.69, 9.17) is 16.3 Å². The Kier molecular flexibility index (Phi) is 4.45. The largest absolute Gasteiger partial charge is 0.381 e. The van der Waals surface area contributed by atoms with Crippen LogP contribution in [-0.4, -0.2) is 28.6 Å². The highest BCUT2D eigenvalue weighted by Gasteiger charge is 2.25. The fraction of sp³-hybridized carbons (Fsp3) is 0.562. The van der Waals surface area contributed by atoms with Crippen molar-refractivity contribution in [1.29, 1.82) is 0 Å². The molecule has 1 fully saturated rings. The third-order valence-electron chi connectivity index (χ3n) is 4.42. The molecule has 1 aromatic heterocycles. The van der Waals surface area contributed by atoms with Crippen molar-refractivity contribution >= 4 is 22.6 Å². The number of aromatic nitrogens is 2. The molecule has 5 heteroatoms. The van der Waals surface area contributed by atoms with Crippen LogP contribution >= 0.6 is 11.6 Å². The summed E-state index contributed by atoms with van der Waals surface area (Å²) in [5, 5.41) is 0. The lowest BCUT2D eigenvalue weighted by Crippen LogP contribution is -2.25. The molecule has 21 heavy (non-hydrogen) atoms. The summed E-state index contributed by atoms with van der Waals surface area (Å²) in [6, 6.07) is 5.43. The first-order chi connectivity index (χ1) is 10.2. The molecule has 0 saturated carbocycles. The molecule has 2 aromatic rings. The van der Waals surface area contributed by atoms with Gasteiger partial charge in [-0.2, -0.15) is 0 Å². The number of imidazole rings is 1. The first-order valence-electron chi connectivity index (χ1n) is 7.51. The van der Waals surface area contributed by atoms with Gasteiger partial charge in [0.2, 0.25) is 0 Å². The maximum absolute atomic E-state index is 14.0. The minimum Gasteiger partial charge on any atom is -0.381 e. The monoisotopic (exact) mass is 310 g/mol. The molecule has 1 unspecified atom stereocenters. The SMILES string of the molecule is CC(C1CCOCC1)n1c(CCCl)nc2c(F)cccc21. The maximum Gasteiger partial charge on any atom is 0.151 e. The van der Waals surface area contributed by atoms with Gasteiger partial charge in [-0.25, -0.2) is 9.37 Å². The highest BCUT2D eigenvalue weighted by Crippen LogP contribution is 2.32. The van der Waals surface area contributed by atoms with Gasteiger partial charge in [-0.3, -0.25) is 0 Å². The van der Waals surface area contributed by atoms with Crippen LogP contribution in [0.15, 0.2) is 18.2 Å². The van der Waals surface area contributed by atoms with Crippen LogP contribution in [0.4, 0.5) is 4.39 Å². The fourth-order valence-electron chi connectivity index (χ4n) is 3.26. The van der Waals surface area contributed by atoms with Gasteiger partial charge in [-0.1, -0.05) is 6.07 Å². The lowest BCUT2D eigenvalue weighted by atomic mass is 9.92. The summed E-state index contributed by atoms with van der Waals surface area (Å²) in [4.78, 5) is 4.49. The van der Waals surface area contributed by atoms with E-state index in [1.807, 2.05) is 6.07 Å². The lowest BCUT2D eigenvalue weighted by Gasteiger charge is -2.30. The molecule has 1 aliphatic heterocycles. The number of hydrogen-bond acceptors (Lipinski definition) is 2. The molecule has 0 radical (unpaired) electrons. The van der Waals surface area contributed by atoms with Crippen molar-refractivity contribution in [1.82, 2.24) is 9.55 Å². The van der Waals surface area contributed by atoms with Gasteiger partial charge in [-0.05, 0) is 37.8 Å². The third kappa shape index (κ3) is 2.79. The number of aryl methyl sites for hydroxylation is 1. The van der Waals surface area contributed by atoms with Gasteiger partial charge in [-0.15, -0.1) is 11.6 Å². The van der Waals surface area contributed by atoms with E-state index in [0.29, 0.717) is 23.7 Å². The minimum absolute atomic E-state index is 0.263. The van der Waals surface area contributed by atoms with E-state index >= 15 is 0 Å². The molecule has 0 bridgehead atoms. The number of rotatable bonds is 4. The average molecular weight is 311 g/mol. The summed E-state index contributed by atoms with van der Waals surface area (Å²) in [6.45, 7) is 3.81. The zero-order chi connectivity index (χ0) is 14.8. The van der Waals surface area contributed by atoms with Crippen LogP contribution in [0.2, 0.25) is 0 Å². The van der Waals surface area contributed by atoms with Crippen LogP contribution in [0.3, 0.4) is 0 Å². The van der Waals surface area contributed by atoms with Crippen molar-refractivity contribution in [3.8, 4) is 0 Å². The number of ether oxygens (including phenoxy) is 1. The molecule has 1 saturated heterocycles. The van der Waals surface area contributed by atoms with Crippen molar-refractivity contribution < 1.29 is 9.13 Å². The minimum atomic E-state index is -0.263. The van der Waals surface area contributed by atoms with Gasteiger partial charge in [0, 0.05) is 31.6 Å². The van der Waals surface area contributed by atoms with E-state index in [2.05, 4.69) is 16.5 Å². The first kappa shape index (κ1) is 14.8. The Hall–Kier alpha value is -1.13.